The fraction of sp³-hybridized carbons (Fsp3) is 0.562. The molecule has 0 amide bonds. The van der Waals surface area contributed by atoms with Gasteiger partial charge in [0.05, 0.1) is 6.33 Å². The molecule has 23 heavy (non-hydrogen) atoms. The average Bonchev–Trinajstić information content (AvgIpc) is 2.98. The Morgan fingerprint density at radius 3 is 2.30 bits per heavy atom. The highest BCUT2D eigenvalue weighted by Crippen LogP contribution is 2.03. The SMILES string of the molecule is CC(C)CCCOCCCc1cnc[nH]1.O=C(O)/C=C\C(=O)O. The average molecular weight is 326 g/mol. The summed E-state index contributed by atoms with van der Waals surface area (Å²) < 4.78 is 5.55. The largest absolute Gasteiger partial charge is 0.478 e. The standard InChI is InChI=1S/C12H22N2O.C4H4O4/c1-11(2)5-3-7-15-8-4-6-12-9-13-10-14-12;5-3(6)1-2-4(7)8/h9-11H,3-8H2,1-2H3,(H,13,14);1-2H,(H,5,6)(H,7,8)/b;2-1-. The quantitative estimate of drug-likeness (QED) is 0.450. The van der Waals surface area contributed by atoms with Gasteiger partial charge in [0.1, 0.15) is 0 Å². The van der Waals surface area contributed by atoms with E-state index < -0.39 is 11.9 Å². The van der Waals surface area contributed by atoms with E-state index in [1.54, 1.807) is 6.33 Å². The molecule has 0 unspecified atom stereocenters. The Bertz CT molecular complexity index is 439. The summed E-state index contributed by atoms with van der Waals surface area (Å²) in [5, 5.41) is 15.6. The van der Waals surface area contributed by atoms with Gasteiger partial charge in [-0.1, -0.05) is 13.8 Å². The van der Waals surface area contributed by atoms with E-state index in [1.165, 1.54) is 18.5 Å². The maximum absolute atomic E-state index is 9.55. The predicted molar refractivity (Wildman–Crippen MR) is 86.2 cm³/mol. The lowest BCUT2D eigenvalue weighted by Crippen LogP contribution is -2.00. The first kappa shape index (κ1) is 20.9. The first-order chi connectivity index (χ1) is 10.9. The normalized spacial score (nSPS) is 10.6. The molecule has 7 heteroatoms. The summed E-state index contributed by atoms with van der Waals surface area (Å²) in [6.07, 6.45) is 9.26. The van der Waals surface area contributed by atoms with Gasteiger partial charge in [-0.15, -0.1) is 0 Å². The summed E-state index contributed by atoms with van der Waals surface area (Å²) in [7, 11) is 0. The summed E-state index contributed by atoms with van der Waals surface area (Å²) in [4.78, 5) is 26.2. The van der Waals surface area contributed by atoms with Crippen molar-refractivity contribution in [2.45, 2.75) is 39.5 Å². The van der Waals surface area contributed by atoms with Gasteiger partial charge in [-0.05, 0) is 31.6 Å². The van der Waals surface area contributed by atoms with Crippen molar-refractivity contribution in [3.05, 3.63) is 30.4 Å². The third-order valence-electron chi connectivity index (χ3n) is 2.73. The summed E-state index contributed by atoms with van der Waals surface area (Å²) >= 11 is 0. The Kier molecular flexibility index (Phi) is 12.2. The van der Waals surface area contributed by atoms with Crippen molar-refractivity contribution in [1.29, 1.82) is 0 Å². The van der Waals surface area contributed by atoms with Crippen LogP contribution < -0.4 is 0 Å². The number of imidazole rings is 1. The fourth-order valence-corrected chi connectivity index (χ4v) is 1.62. The van der Waals surface area contributed by atoms with Gasteiger partial charge < -0.3 is 19.9 Å². The second kappa shape index (κ2) is 13.5. The van der Waals surface area contributed by atoms with Gasteiger partial charge in [-0.2, -0.15) is 0 Å². The van der Waals surface area contributed by atoms with Crippen LogP contribution in [0.4, 0.5) is 0 Å². The van der Waals surface area contributed by atoms with Crippen LogP contribution in [0, 0.1) is 5.92 Å². The Hall–Kier alpha value is -2.15. The lowest BCUT2D eigenvalue weighted by atomic mass is 10.1. The van der Waals surface area contributed by atoms with Crippen molar-refractivity contribution < 1.29 is 24.5 Å². The van der Waals surface area contributed by atoms with Crippen LogP contribution in [0.1, 0.15) is 38.8 Å². The number of carboxylic acid groups (broad SMARTS) is 2. The molecule has 0 atom stereocenters. The highest BCUT2D eigenvalue weighted by molar-refractivity contribution is 5.89. The van der Waals surface area contributed by atoms with Crippen LogP contribution in [-0.4, -0.2) is 45.3 Å². The number of carboxylic acids is 2. The van der Waals surface area contributed by atoms with Gasteiger partial charge >= 0.3 is 11.9 Å². The third kappa shape index (κ3) is 16.1. The van der Waals surface area contributed by atoms with Crippen molar-refractivity contribution >= 4 is 11.9 Å². The van der Waals surface area contributed by atoms with Gasteiger partial charge in [-0.25, -0.2) is 14.6 Å². The van der Waals surface area contributed by atoms with Crippen LogP contribution in [0.15, 0.2) is 24.7 Å². The summed E-state index contributed by atoms with van der Waals surface area (Å²) in [5.74, 6) is -1.72. The number of aromatic nitrogens is 2. The van der Waals surface area contributed by atoms with Crippen LogP contribution in [0.5, 0.6) is 0 Å². The van der Waals surface area contributed by atoms with E-state index in [0.717, 1.165) is 32.0 Å². The van der Waals surface area contributed by atoms with Gasteiger partial charge in [0, 0.05) is 37.3 Å². The molecule has 0 radical (unpaired) electrons. The summed E-state index contributed by atoms with van der Waals surface area (Å²) in [5.41, 5.74) is 1.20. The molecule has 0 saturated heterocycles. The highest BCUT2D eigenvalue weighted by Gasteiger charge is 1.96. The monoisotopic (exact) mass is 326 g/mol. The predicted octanol–water partition coefficient (Wildman–Crippen LogP) is 2.51. The minimum absolute atomic E-state index is 0.558. The maximum Gasteiger partial charge on any atom is 0.328 e. The van der Waals surface area contributed by atoms with Gasteiger partial charge in [0.25, 0.3) is 0 Å². The van der Waals surface area contributed by atoms with E-state index in [0.29, 0.717) is 12.2 Å². The van der Waals surface area contributed by atoms with E-state index in [4.69, 9.17) is 14.9 Å². The Morgan fingerprint density at radius 2 is 1.83 bits per heavy atom. The van der Waals surface area contributed by atoms with Crippen LogP contribution >= 0.6 is 0 Å². The zero-order valence-corrected chi connectivity index (χ0v) is 13.7. The molecule has 1 rings (SSSR count). The first-order valence-corrected chi connectivity index (χ1v) is 7.60. The van der Waals surface area contributed by atoms with Gasteiger partial charge in [0.15, 0.2) is 0 Å². The third-order valence-corrected chi connectivity index (χ3v) is 2.73. The molecule has 0 spiro atoms. The van der Waals surface area contributed by atoms with Crippen LogP contribution in [0.2, 0.25) is 0 Å². The van der Waals surface area contributed by atoms with E-state index in [-0.39, 0.29) is 0 Å². The van der Waals surface area contributed by atoms with Crippen molar-refractivity contribution in [1.82, 2.24) is 9.97 Å². The minimum Gasteiger partial charge on any atom is -0.478 e. The number of hydrogen-bond acceptors (Lipinski definition) is 4. The smallest absolute Gasteiger partial charge is 0.328 e. The molecular formula is C16H26N2O5. The number of aromatic amines is 1. The van der Waals surface area contributed by atoms with Gasteiger partial charge in [0.2, 0.25) is 0 Å². The van der Waals surface area contributed by atoms with Gasteiger partial charge in [-0.3, -0.25) is 0 Å². The Labute approximate surface area is 136 Å². The van der Waals surface area contributed by atoms with Crippen molar-refractivity contribution in [3.8, 4) is 0 Å². The number of ether oxygens (including phenoxy) is 1. The Morgan fingerprint density at radius 1 is 1.22 bits per heavy atom. The fourth-order valence-electron chi connectivity index (χ4n) is 1.62. The van der Waals surface area contributed by atoms with Crippen LogP contribution in [0.25, 0.3) is 0 Å². The summed E-state index contributed by atoms with van der Waals surface area (Å²) in [6, 6.07) is 0. The molecule has 0 aliphatic rings. The molecule has 3 N–H and O–H groups in total. The number of aryl methyl sites for hydroxylation is 1. The molecule has 1 aromatic heterocycles. The van der Waals surface area contributed by atoms with Crippen molar-refractivity contribution in [3.63, 3.8) is 0 Å². The molecule has 7 nitrogen and oxygen atoms in total. The molecule has 1 heterocycles. The zero-order chi connectivity index (χ0) is 17.5. The number of hydrogen-bond donors (Lipinski definition) is 3. The molecule has 0 saturated carbocycles. The van der Waals surface area contributed by atoms with E-state index in [9.17, 15) is 9.59 Å². The molecule has 1 aromatic rings. The van der Waals surface area contributed by atoms with E-state index >= 15 is 0 Å². The van der Waals surface area contributed by atoms with Crippen LogP contribution in [-0.2, 0) is 20.7 Å². The molecule has 0 aliphatic heterocycles. The second-order valence-electron chi connectivity index (χ2n) is 5.34. The highest BCUT2D eigenvalue weighted by atomic mass is 16.5. The number of rotatable bonds is 10. The number of H-pyrrole nitrogens is 1. The molecule has 0 aliphatic carbocycles. The van der Waals surface area contributed by atoms with E-state index in [1.807, 2.05) is 6.20 Å². The number of nitrogens with one attached hydrogen (secondary N) is 1. The minimum atomic E-state index is -1.26. The molecular weight excluding hydrogens is 300 g/mol. The lowest BCUT2D eigenvalue weighted by Gasteiger charge is -2.05. The topological polar surface area (TPSA) is 113 Å². The molecule has 0 fully saturated rings. The van der Waals surface area contributed by atoms with E-state index in [2.05, 4.69) is 23.8 Å². The zero-order valence-electron chi connectivity index (χ0n) is 13.7. The van der Waals surface area contributed by atoms with Crippen molar-refractivity contribution in [2.75, 3.05) is 13.2 Å². The van der Waals surface area contributed by atoms with Crippen LogP contribution in [0.3, 0.4) is 0 Å². The van der Waals surface area contributed by atoms with Crippen molar-refractivity contribution in [2.24, 2.45) is 5.92 Å². The maximum atomic E-state index is 9.55. The number of aliphatic carboxylic acids is 2. The summed E-state index contributed by atoms with van der Waals surface area (Å²) in [6.45, 7) is 6.26. The lowest BCUT2D eigenvalue weighted by molar-refractivity contribution is -0.134. The number of carbonyl (C=O) groups is 2. The molecule has 0 bridgehead atoms. The second-order valence-corrected chi connectivity index (χ2v) is 5.34. The molecule has 130 valence electrons. The number of nitrogens with zero attached hydrogens (tertiary/aromatic N) is 1. The molecule has 0 aromatic carbocycles. The Balaban J connectivity index is 0.000000515. The first-order valence-electron chi connectivity index (χ1n) is 7.60.